The SMILES string of the molecule is c1ccc2c(c1)NCCCOCCOCCOCCCN2. The van der Waals surface area contributed by atoms with Gasteiger partial charge in [-0.05, 0) is 25.0 Å². The Bertz CT molecular complexity index is 353. The van der Waals surface area contributed by atoms with Crippen LogP contribution in [0, 0.1) is 0 Å². The van der Waals surface area contributed by atoms with E-state index >= 15 is 0 Å². The van der Waals surface area contributed by atoms with E-state index in [4.69, 9.17) is 14.2 Å². The summed E-state index contributed by atoms with van der Waals surface area (Å²) in [5, 5.41) is 6.90. The second kappa shape index (κ2) is 10.4. The fourth-order valence-corrected chi connectivity index (χ4v) is 2.13. The predicted molar refractivity (Wildman–Crippen MR) is 85.1 cm³/mol. The lowest BCUT2D eigenvalue weighted by Gasteiger charge is -2.13. The molecule has 0 unspecified atom stereocenters. The van der Waals surface area contributed by atoms with Crippen molar-refractivity contribution in [1.82, 2.24) is 0 Å². The first kappa shape index (κ1) is 16.1. The molecule has 1 aliphatic heterocycles. The highest BCUT2D eigenvalue weighted by molar-refractivity contribution is 5.68. The number of para-hydroxylation sites is 2. The van der Waals surface area contributed by atoms with E-state index in [1.165, 1.54) is 0 Å². The molecule has 0 saturated carbocycles. The van der Waals surface area contributed by atoms with Crippen LogP contribution in [0.4, 0.5) is 11.4 Å². The molecular formula is C16H26N2O3. The number of rotatable bonds is 0. The van der Waals surface area contributed by atoms with Crippen LogP contribution in [0.15, 0.2) is 24.3 Å². The molecule has 0 amide bonds. The molecule has 1 aliphatic rings. The van der Waals surface area contributed by atoms with Gasteiger partial charge in [-0.25, -0.2) is 0 Å². The standard InChI is InChI=1S/C16H26N2O3/c1-2-6-16-15(5-1)17-7-3-9-19-11-13-21-14-12-20-10-4-8-18-16/h1-2,5-6,17-18H,3-4,7-14H2. The maximum absolute atomic E-state index is 5.53. The van der Waals surface area contributed by atoms with Gasteiger partial charge in [0.15, 0.2) is 0 Å². The number of benzene rings is 1. The third-order valence-electron chi connectivity index (χ3n) is 3.23. The molecule has 0 fully saturated rings. The van der Waals surface area contributed by atoms with Crippen molar-refractivity contribution in [3.8, 4) is 0 Å². The summed E-state index contributed by atoms with van der Waals surface area (Å²) in [5.41, 5.74) is 2.29. The Kier molecular flexibility index (Phi) is 7.99. The Hall–Kier alpha value is -1.30. The minimum absolute atomic E-state index is 0.640. The van der Waals surface area contributed by atoms with E-state index in [2.05, 4.69) is 22.8 Å². The third kappa shape index (κ3) is 6.80. The van der Waals surface area contributed by atoms with Gasteiger partial charge in [0, 0.05) is 26.3 Å². The fraction of sp³-hybridized carbons (Fsp3) is 0.625. The zero-order valence-electron chi connectivity index (χ0n) is 12.6. The molecule has 1 aromatic carbocycles. The lowest BCUT2D eigenvalue weighted by atomic mass is 10.2. The number of anilines is 2. The quantitative estimate of drug-likeness (QED) is 0.769. The van der Waals surface area contributed by atoms with Gasteiger partial charge in [-0.3, -0.25) is 0 Å². The van der Waals surface area contributed by atoms with E-state index in [0.29, 0.717) is 26.4 Å². The van der Waals surface area contributed by atoms with Crippen molar-refractivity contribution in [2.75, 3.05) is 63.4 Å². The molecule has 2 rings (SSSR count). The van der Waals surface area contributed by atoms with Crippen LogP contribution in [-0.2, 0) is 14.2 Å². The first-order valence-corrected chi connectivity index (χ1v) is 7.77. The normalized spacial score (nSPS) is 19.6. The summed E-state index contributed by atoms with van der Waals surface area (Å²) in [6.45, 7) is 5.90. The van der Waals surface area contributed by atoms with Crippen LogP contribution in [-0.4, -0.2) is 52.7 Å². The van der Waals surface area contributed by atoms with E-state index < -0.39 is 0 Å². The molecule has 2 N–H and O–H groups in total. The average molecular weight is 294 g/mol. The molecular weight excluding hydrogens is 268 g/mol. The summed E-state index contributed by atoms with van der Waals surface area (Å²) in [6, 6.07) is 8.29. The maximum Gasteiger partial charge on any atom is 0.0701 e. The van der Waals surface area contributed by atoms with Gasteiger partial charge in [-0.2, -0.15) is 0 Å². The zero-order chi connectivity index (χ0) is 14.6. The minimum atomic E-state index is 0.640. The summed E-state index contributed by atoms with van der Waals surface area (Å²) >= 11 is 0. The summed E-state index contributed by atoms with van der Waals surface area (Å²) in [7, 11) is 0. The summed E-state index contributed by atoms with van der Waals surface area (Å²) in [5.74, 6) is 0. The number of nitrogens with one attached hydrogen (secondary N) is 2. The lowest BCUT2D eigenvalue weighted by Crippen LogP contribution is -2.11. The fourth-order valence-electron chi connectivity index (χ4n) is 2.13. The second-order valence-electron chi connectivity index (χ2n) is 4.94. The Labute approximate surface area is 127 Å². The van der Waals surface area contributed by atoms with Gasteiger partial charge in [0.1, 0.15) is 0 Å². The molecule has 0 aliphatic carbocycles. The van der Waals surface area contributed by atoms with E-state index in [0.717, 1.165) is 50.5 Å². The molecule has 0 atom stereocenters. The van der Waals surface area contributed by atoms with Crippen LogP contribution in [0.25, 0.3) is 0 Å². The number of hydrogen-bond donors (Lipinski definition) is 2. The van der Waals surface area contributed by atoms with Gasteiger partial charge < -0.3 is 24.8 Å². The van der Waals surface area contributed by atoms with Crippen LogP contribution in [0.1, 0.15) is 12.8 Å². The molecule has 5 heteroatoms. The van der Waals surface area contributed by atoms with Gasteiger partial charge in [-0.1, -0.05) is 12.1 Å². The van der Waals surface area contributed by atoms with E-state index in [1.807, 2.05) is 12.1 Å². The van der Waals surface area contributed by atoms with Crippen LogP contribution >= 0.6 is 0 Å². The van der Waals surface area contributed by atoms with Gasteiger partial charge in [0.05, 0.1) is 37.8 Å². The lowest BCUT2D eigenvalue weighted by molar-refractivity contribution is 0.0145. The predicted octanol–water partition coefficient (Wildman–Crippen LogP) is 2.35. The van der Waals surface area contributed by atoms with E-state index in [-0.39, 0.29) is 0 Å². The van der Waals surface area contributed by atoms with E-state index in [9.17, 15) is 0 Å². The van der Waals surface area contributed by atoms with Crippen molar-refractivity contribution in [2.24, 2.45) is 0 Å². The van der Waals surface area contributed by atoms with E-state index in [1.54, 1.807) is 0 Å². The highest BCUT2D eigenvalue weighted by atomic mass is 16.5. The third-order valence-corrected chi connectivity index (χ3v) is 3.23. The van der Waals surface area contributed by atoms with Crippen molar-refractivity contribution in [3.63, 3.8) is 0 Å². The van der Waals surface area contributed by atoms with Gasteiger partial charge in [0.25, 0.3) is 0 Å². The summed E-state index contributed by atoms with van der Waals surface area (Å²) < 4.78 is 16.5. The van der Waals surface area contributed by atoms with Crippen LogP contribution in [0.2, 0.25) is 0 Å². The molecule has 0 spiro atoms. The molecule has 1 heterocycles. The maximum atomic E-state index is 5.53. The largest absolute Gasteiger partial charge is 0.383 e. The van der Waals surface area contributed by atoms with Crippen LogP contribution < -0.4 is 10.6 Å². The Morgan fingerprint density at radius 3 is 1.52 bits per heavy atom. The molecule has 5 nitrogen and oxygen atoms in total. The first-order chi connectivity index (χ1) is 10.5. The molecule has 118 valence electrons. The minimum Gasteiger partial charge on any atom is -0.383 e. The number of ether oxygens (including phenoxy) is 3. The second-order valence-corrected chi connectivity index (χ2v) is 4.94. The van der Waals surface area contributed by atoms with Gasteiger partial charge in [0.2, 0.25) is 0 Å². The van der Waals surface area contributed by atoms with Crippen molar-refractivity contribution in [2.45, 2.75) is 12.8 Å². The van der Waals surface area contributed by atoms with Crippen molar-refractivity contribution < 1.29 is 14.2 Å². The smallest absolute Gasteiger partial charge is 0.0701 e. The van der Waals surface area contributed by atoms with Crippen molar-refractivity contribution >= 4 is 11.4 Å². The van der Waals surface area contributed by atoms with Crippen LogP contribution in [0.3, 0.4) is 0 Å². The zero-order valence-corrected chi connectivity index (χ0v) is 12.6. The average Bonchev–Trinajstić information content (AvgIpc) is 2.52. The number of fused-ring (bicyclic) bond motifs is 1. The Balaban J connectivity index is 1.82. The monoisotopic (exact) mass is 294 g/mol. The molecule has 21 heavy (non-hydrogen) atoms. The van der Waals surface area contributed by atoms with Crippen molar-refractivity contribution in [1.29, 1.82) is 0 Å². The highest BCUT2D eigenvalue weighted by Crippen LogP contribution is 2.20. The Morgan fingerprint density at radius 2 is 1.05 bits per heavy atom. The Morgan fingerprint density at radius 1 is 0.619 bits per heavy atom. The first-order valence-electron chi connectivity index (χ1n) is 7.77. The topological polar surface area (TPSA) is 51.8 Å². The van der Waals surface area contributed by atoms with Crippen LogP contribution in [0.5, 0.6) is 0 Å². The summed E-state index contributed by atoms with van der Waals surface area (Å²) in [4.78, 5) is 0. The highest BCUT2D eigenvalue weighted by Gasteiger charge is 2.01. The molecule has 0 saturated heterocycles. The van der Waals surface area contributed by atoms with Crippen molar-refractivity contribution in [3.05, 3.63) is 24.3 Å². The van der Waals surface area contributed by atoms with Gasteiger partial charge >= 0.3 is 0 Å². The molecule has 0 aromatic heterocycles. The number of hydrogen-bond acceptors (Lipinski definition) is 5. The molecule has 0 radical (unpaired) electrons. The molecule has 0 bridgehead atoms. The molecule has 1 aromatic rings. The summed E-state index contributed by atoms with van der Waals surface area (Å²) in [6.07, 6.45) is 1.97. The van der Waals surface area contributed by atoms with Gasteiger partial charge in [-0.15, -0.1) is 0 Å².